The summed E-state index contributed by atoms with van der Waals surface area (Å²) in [6.45, 7) is 0. The molecule has 0 radical (unpaired) electrons. The first kappa shape index (κ1) is 31.4. The highest BCUT2D eigenvalue weighted by atomic mass is 16.3. The molecule has 0 aliphatic heterocycles. The van der Waals surface area contributed by atoms with E-state index in [1.807, 2.05) is 6.07 Å². The molecule has 2 heterocycles. The third-order valence-electron chi connectivity index (χ3n) is 11.3. The number of furan rings is 1. The van der Waals surface area contributed by atoms with Gasteiger partial charge in [-0.15, -0.1) is 0 Å². The van der Waals surface area contributed by atoms with Gasteiger partial charge in [0, 0.05) is 49.4 Å². The van der Waals surface area contributed by atoms with Gasteiger partial charge in [-0.1, -0.05) is 158 Å². The minimum Gasteiger partial charge on any atom is -0.455 e. The molecule has 260 valence electrons. The summed E-state index contributed by atoms with van der Waals surface area (Å²) >= 11 is 0. The average molecular weight is 705 g/mol. The third-order valence-corrected chi connectivity index (χ3v) is 11.3. The SMILES string of the molecule is C1=CC(N(c2cccc(-c3cccc4c3oc3ccccc34)c2)c2cccc3ccccc23)CC=C1c1ccccc1-n1c2ccccc2c2ccccc21. The second-order valence-electron chi connectivity index (χ2n) is 14.4. The van der Waals surface area contributed by atoms with Gasteiger partial charge < -0.3 is 13.9 Å². The molecule has 10 aromatic rings. The van der Waals surface area contributed by atoms with Gasteiger partial charge in [0.05, 0.1) is 22.8 Å². The Hall–Kier alpha value is -7.10. The summed E-state index contributed by atoms with van der Waals surface area (Å²) in [5.74, 6) is 0. The number of hydrogen-bond acceptors (Lipinski definition) is 2. The Kier molecular flexibility index (Phi) is 7.31. The van der Waals surface area contributed by atoms with Crippen LogP contribution in [0, 0.1) is 0 Å². The smallest absolute Gasteiger partial charge is 0.143 e. The number of benzene rings is 8. The lowest BCUT2D eigenvalue weighted by molar-refractivity contribution is 0.670. The molecule has 11 rings (SSSR count). The van der Waals surface area contributed by atoms with Gasteiger partial charge in [0.1, 0.15) is 11.2 Å². The van der Waals surface area contributed by atoms with Crippen LogP contribution in [0.1, 0.15) is 12.0 Å². The van der Waals surface area contributed by atoms with E-state index in [0.29, 0.717) is 0 Å². The normalized spacial score (nSPS) is 14.3. The van der Waals surface area contributed by atoms with Crippen LogP contribution in [0.5, 0.6) is 0 Å². The molecule has 0 saturated carbocycles. The molecule has 0 fully saturated rings. The lowest BCUT2D eigenvalue weighted by Gasteiger charge is -2.34. The maximum atomic E-state index is 6.50. The van der Waals surface area contributed by atoms with E-state index < -0.39 is 0 Å². The molecule has 1 atom stereocenters. The second-order valence-corrected chi connectivity index (χ2v) is 14.4. The van der Waals surface area contributed by atoms with Crippen molar-refractivity contribution in [2.24, 2.45) is 0 Å². The van der Waals surface area contributed by atoms with Crippen LogP contribution >= 0.6 is 0 Å². The van der Waals surface area contributed by atoms with E-state index in [1.54, 1.807) is 0 Å². The fraction of sp³-hybridized carbons (Fsp3) is 0.0385. The molecule has 0 amide bonds. The van der Waals surface area contributed by atoms with Crippen LogP contribution in [0.2, 0.25) is 0 Å². The average Bonchev–Trinajstić information content (AvgIpc) is 3.80. The van der Waals surface area contributed by atoms with Crippen molar-refractivity contribution in [3.05, 3.63) is 206 Å². The molecule has 2 aromatic heterocycles. The Bertz CT molecular complexity index is 3100. The maximum absolute atomic E-state index is 6.50. The topological polar surface area (TPSA) is 21.3 Å². The number of para-hydroxylation sites is 5. The Morgan fingerprint density at radius 1 is 0.527 bits per heavy atom. The van der Waals surface area contributed by atoms with Crippen LogP contribution in [-0.2, 0) is 0 Å². The fourth-order valence-electron chi connectivity index (χ4n) is 8.82. The van der Waals surface area contributed by atoms with Gasteiger partial charge in [-0.3, -0.25) is 0 Å². The predicted molar refractivity (Wildman–Crippen MR) is 232 cm³/mol. The van der Waals surface area contributed by atoms with Crippen molar-refractivity contribution < 1.29 is 4.42 Å². The Morgan fingerprint density at radius 2 is 1.16 bits per heavy atom. The molecular weight excluding hydrogens is 669 g/mol. The highest BCUT2D eigenvalue weighted by Gasteiger charge is 2.24. The summed E-state index contributed by atoms with van der Waals surface area (Å²) in [6.07, 6.45) is 8.00. The third kappa shape index (κ3) is 5.12. The summed E-state index contributed by atoms with van der Waals surface area (Å²) in [7, 11) is 0. The largest absolute Gasteiger partial charge is 0.455 e. The van der Waals surface area contributed by atoms with Crippen molar-refractivity contribution in [2.45, 2.75) is 12.5 Å². The molecule has 1 unspecified atom stereocenters. The zero-order chi connectivity index (χ0) is 36.3. The van der Waals surface area contributed by atoms with Crippen LogP contribution in [0.15, 0.2) is 205 Å². The van der Waals surface area contributed by atoms with Crippen LogP contribution in [0.3, 0.4) is 0 Å². The van der Waals surface area contributed by atoms with Crippen LogP contribution in [0.25, 0.3) is 76.9 Å². The number of fused-ring (bicyclic) bond motifs is 7. The summed E-state index contributed by atoms with van der Waals surface area (Å²) < 4.78 is 8.93. The van der Waals surface area contributed by atoms with E-state index >= 15 is 0 Å². The van der Waals surface area contributed by atoms with E-state index in [2.05, 4.69) is 204 Å². The van der Waals surface area contributed by atoms with E-state index in [4.69, 9.17) is 4.42 Å². The van der Waals surface area contributed by atoms with Crippen molar-refractivity contribution in [3.63, 3.8) is 0 Å². The highest BCUT2D eigenvalue weighted by molar-refractivity contribution is 6.11. The van der Waals surface area contributed by atoms with E-state index in [0.717, 1.165) is 45.2 Å². The molecule has 0 N–H and O–H groups in total. The molecule has 1 aliphatic rings. The molecule has 0 saturated heterocycles. The second kappa shape index (κ2) is 12.8. The number of anilines is 2. The monoisotopic (exact) mass is 704 g/mol. The van der Waals surface area contributed by atoms with Crippen molar-refractivity contribution in [1.29, 1.82) is 0 Å². The zero-order valence-corrected chi connectivity index (χ0v) is 30.1. The lowest BCUT2D eigenvalue weighted by atomic mass is 9.93. The highest BCUT2D eigenvalue weighted by Crippen LogP contribution is 2.42. The molecule has 3 nitrogen and oxygen atoms in total. The van der Waals surface area contributed by atoms with Crippen LogP contribution < -0.4 is 4.90 Å². The van der Waals surface area contributed by atoms with Crippen LogP contribution in [-0.4, -0.2) is 10.6 Å². The fourth-order valence-corrected chi connectivity index (χ4v) is 8.82. The summed E-state index contributed by atoms with van der Waals surface area (Å²) in [5.41, 5.74) is 12.5. The molecule has 3 heteroatoms. The number of hydrogen-bond donors (Lipinski definition) is 0. The number of allylic oxidation sites excluding steroid dienone is 2. The van der Waals surface area contributed by atoms with Crippen molar-refractivity contribution in [1.82, 2.24) is 4.57 Å². The van der Waals surface area contributed by atoms with Gasteiger partial charge in [0.15, 0.2) is 0 Å². The summed E-state index contributed by atoms with van der Waals surface area (Å²) in [4.78, 5) is 2.52. The Labute approximate surface area is 319 Å². The quantitative estimate of drug-likeness (QED) is 0.172. The van der Waals surface area contributed by atoms with Crippen molar-refractivity contribution in [2.75, 3.05) is 4.90 Å². The van der Waals surface area contributed by atoms with Gasteiger partial charge in [-0.2, -0.15) is 0 Å². The van der Waals surface area contributed by atoms with E-state index in [-0.39, 0.29) is 6.04 Å². The molecular formula is C52H36N2O. The van der Waals surface area contributed by atoms with E-state index in [9.17, 15) is 0 Å². The lowest BCUT2D eigenvalue weighted by Crippen LogP contribution is -2.30. The number of aromatic nitrogens is 1. The predicted octanol–water partition coefficient (Wildman–Crippen LogP) is 14.1. The van der Waals surface area contributed by atoms with Gasteiger partial charge in [-0.25, -0.2) is 0 Å². The van der Waals surface area contributed by atoms with Gasteiger partial charge >= 0.3 is 0 Å². The van der Waals surface area contributed by atoms with Gasteiger partial charge in [0.25, 0.3) is 0 Å². The molecule has 55 heavy (non-hydrogen) atoms. The van der Waals surface area contributed by atoms with Crippen LogP contribution in [0.4, 0.5) is 11.4 Å². The van der Waals surface area contributed by atoms with Crippen molar-refractivity contribution in [3.8, 4) is 16.8 Å². The van der Waals surface area contributed by atoms with Gasteiger partial charge in [-0.05, 0) is 65.4 Å². The standard InChI is InChI=1S/C52H36N2O/c1-2-18-40-35(14-1)15-12-28-47(40)53(39-17-11-16-37(34-39)42-23-13-24-46-45-22-6-10-29-51(45)55-52(42)46)38-32-30-36(31-33-38)41-19-3-7-25-48(41)54-49-26-8-4-20-43(49)44-21-5-9-27-50(44)54/h1-32,34,38H,33H2. The minimum absolute atomic E-state index is 0.0900. The van der Waals surface area contributed by atoms with Crippen molar-refractivity contribution >= 4 is 71.5 Å². The molecule has 0 bridgehead atoms. The minimum atomic E-state index is 0.0900. The zero-order valence-electron chi connectivity index (χ0n) is 30.1. The van der Waals surface area contributed by atoms with E-state index in [1.165, 1.54) is 55.1 Å². The molecule has 0 spiro atoms. The number of nitrogens with zero attached hydrogens (tertiary/aromatic N) is 2. The first-order chi connectivity index (χ1) is 27.3. The molecule has 1 aliphatic carbocycles. The Morgan fingerprint density at radius 3 is 1.98 bits per heavy atom. The number of rotatable bonds is 6. The maximum Gasteiger partial charge on any atom is 0.143 e. The summed E-state index contributed by atoms with van der Waals surface area (Å²) in [6, 6.07) is 65.5. The first-order valence-electron chi connectivity index (χ1n) is 19.0. The molecule has 8 aromatic carbocycles. The first-order valence-corrected chi connectivity index (χ1v) is 19.0. The Balaban J connectivity index is 1.02. The summed E-state index contributed by atoms with van der Waals surface area (Å²) in [5, 5.41) is 7.27. The van der Waals surface area contributed by atoms with Gasteiger partial charge in [0.2, 0.25) is 0 Å².